The van der Waals surface area contributed by atoms with Crippen molar-refractivity contribution < 1.29 is 9.53 Å². The second kappa shape index (κ2) is 7.05. The lowest BCUT2D eigenvalue weighted by Crippen LogP contribution is -2.64. The minimum atomic E-state index is -0.441. The van der Waals surface area contributed by atoms with E-state index in [9.17, 15) is 4.79 Å². The third-order valence-electron chi connectivity index (χ3n) is 5.67. The molecule has 2 aliphatic heterocycles. The highest BCUT2D eigenvalue weighted by atomic mass is 35.5. The van der Waals surface area contributed by atoms with Crippen LogP contribution in [0.15, 0.2) is 24.3 Å². The molecule has 1 atom stereocenters. The Kier molecular flexibility index (Phi) is 5.28. The van der Waals surface area contributed by atoms with E-state index < -0.39 is 5.60 Å². The molecule has 26 heavy (non-hydrogen) atoms. The smallest absolute Gasteiger partial charge is 0.410 e. The van der Waals surface area contributed by atoms with Crippen molar-refractivity contribution in [1.29, 1.82) is 0 Å². The maximum atomic E-state index is 12.4. The van der Waals surface area contributed by atoms with Crippen molar-refractivity contribution >= 4 is 17.7 Å². The van der Waals surface area contributed by atoms with Crippen LogP contribution in [0.2, 0.25) is 5.02 Å². The van der Waals surface area contributed by atoms with Gasteiger partial charge in [0.05, 0.1) is 0 Å². The molecule has 5 heteroatoms. The van der Waals surface area contributed by atoms with E-state index in [0.29, 0.717) is 12.1 Å². The standard InChI is InChI=1S/C21H31ClN2O2/c1-15(2)24-14-21(18(24)16-6-8-17(22)9-7-16)10-12-23(13-11-21)19(25)26-20(3,4)5/h6-9,15,18H,10-14H2,1-5H3. The van der Waals surface area contributed by atoms with Gasteiger partial charge in [0, 0.05) is 42.2 Å². The van der Waals surface area contributed by atoms with Crippen LogP contribution >= 0.6 is 11.6 Å². The summed E-state index contributed by atoms with van der Waals surface area (Å²) in [7, 11) is 0. The zero-order chi connectivity index (χ0) is 19.1. The van der Waals surface area contributed by atoms with Crippen LogP contribution < -0.4 is 0 Å². The van der Waals surface area contributed by atoms with Crippen molar-refractivity contribution in [3.8, 4) is 0 Å². The maximum Gasteiger partial charge on any atom is 0.410 e. The number of likely N-dealkylation sites (tertiary alicyclic amines) is 2. The molecule has 1 amide bonds. The van der Waals surface area contributed by atoms with E-state index in [2.05, 4.69) is 30.9 Å². The molecular weight excluding hydrogens is 348 g/mol. The molecule has 1 spiro atoms. The molecule has 2 fully saturated rings. The molecule has 2 heterocycles. The number of nitrogens with zero attached hydrogens (tertiary/aromatic N) is 2. The molecule has 0 aliphatic carbocycles. The molecule has 0 radical (unpaired) electrons. The number of piperidine rings is 1. The minimum absolute atomic E-state index is 0.185. The molecule has 3 rings (SSSR count). The van der Waals surface area contributed by atoms with Crippen molar-refractivity contribution in [3.63, 3.8) is 0 Å². The van der Waals surface area contributed by atoms with E-state index in [0.717, 1.165) is 37.5 Å². The second-order valence-corrected chi connectivity index (χ2v) is 9.49. The number of hydrogen-bond acceptors (Lipinski definition) is 3. The number of carbonyl (C=O) groups is 1. The Morgan fingerprint density at radius 1 is 1.19 bits per heavy atom. The Balaban J connectivity index is 1.72. The van der Waals surface area contributed by atoms with Crippen molar-refractivity contribution in [3.05, 3.63) is 34.9 Å². The van der Waals surface area contributed by atoms with Crippen LogP contribution in [-0.2, 0) is 4.74 Å². The molecule has 144 valence electrons. The summed E-state index contributed by atoms with van der Waals surface area (Å²) in [6.07, 6.45) is 1.85. The largest absolute Gasteiger partial charge is 0.444 e. The number of amides is 1. The minimum Gasteiger partial charge on any atom is -0.444 e. The molecule has 2 saturated heterocycles. The van der Waals surface area contributed by atoms with Crippen LogP contribution in [0.25, 0.3) is 0 Å². The van der Waals surface area contributed by atoms with Crippen LogP contribution in [0, 0.1) is 5.41 Å². The number of ether oxygens (including phenoxy) is 1. The number of benzene rings is 1. The van der Waals surface area contributed by atoms with Crippen LogP contribution in [-0.4, -0.2) is 47.2 Å². The van der Waals surface area contributed by atoms with Crippen molar-refractivity contribution in [2.75, 3.05) is 19.6 Å². The lowest BCUT2D eigenvalue weighted by molar-refractivity contribution is -0.126. The summed E-state index contributed by atoms with van der Waals surface area (Å²) >= 11 is 6.09. The molecular formula is C21H31ClN2O2. The van der Waals surface area contributed by atoms with Crippen LogP contribution in [0.5, 0.6) is 0 Å². The summed E-state index contributed by atoms with van der Waals surface area (Å²) in [5.74, 6) is 0. The Labute approximate surface area is 162 Å². The first kappa shape index (κ1) is 19.5. The van der Waals surface area contributed by atoms with Gasteiger partial charge in [0.25, 0.3) is 0 Å². The third-order valence-corrected chi connectivity index (χ3v) is 5.92. The monoisotopic (exact) mass is 378 g/mol. The van der Waals surface area contributed by atoms with Gasteiger partial charge in [-0.3, -0.25) is 4.90 Å². The zero-order valence-corrected chi connectivity index (χ0v) is 17.3. The van der Waals surface area contributed by atoms with Gasteiger partial charge in [0.15, 0.2) is 0 Å². The van der Waals surface area contributed by atoms with Crippen LogP contribution in [0.4, 0.5) is 4.79 Å². The molecule has 0 N–H and O–H groups in total. The molecule has 1 aromatic rings. The normalized spacial score (nSPS) is 23.2. The molecule has 1 unspecified atom stereocenters. The number of carbonyl (C=O) groups excluding carboxylic acids is 1. The van der Waals surface area contributed by atoms with Gasteiger partial charge in [0.2, 0.25) is 0 Å². The molecule has 4 nitrogen and oxygen atoms in total. The van der Waals surface area contributed by atoms with E-state index in [4.69, 9.17) is 16.3 Å². The summed E-state index contributed by atoms with van der Waals surface area (Å²) in [5.41, 5.74) is 1.14. The lowest BCUT2D eigenvalue weighted by atomic mass is 9.62. The molecule has 0 bridgehead atoms. The van der Waals surface area contributed by atoms with E-state index in [1.807, 2.05) is 37.8 Å². The van der Waals surface area contributed by atoms with Gasteiger partial charge in [-0.05, 0) is 65.2 Å². The molecule has 2 aliphatic rings. The number of rotatable bonds is 2. The van der Waals surface area contributed by atoms with Gasteiger partial charge >= 0.3 is 6.09 Å². The van der Waals surface area contributed by atoms with Gasteiger partial charge in [0.1, 0.15) is 5.60 Å². The lowest BCUT2D eigenvalue weighted by Gasteiger charge is -2.62. The van der Waals surface area contributed by atoms with E-state index >= 15 is 0 Å². The molecule has 1 aromatic carbocycles. The second-order valence-electron chi connectivity index (χ2n) is 9.05. The Morgan fingerprint density at radius 2 is 1.77 bits per heavy atom. The first-order valence-electron chi connectivity index (χ1n) is 9.60. The van der Waals surface area contributed by atoms with Gasteiger partial charge in [-0.2, -0.15) is 0 Å². The average molecular weight is 379 g/mol. The first-order chi connectivity index (χ1) is 12.1. The van der Waals surface area contributed by atoms with Crippen molar-refractivity contribution in [2.45, 2.75) is 65.1 Å². The number of halogens is 1. The fraction of sp³-hybridized carbons (Fsp3) is 0.667. The summed E-state index contributed by atoms with van der Waals surface area (Å²) < 4.78 is 5.54. The summed E-state index contributed by atoms with van der Waals surface area (Å²) in [5, 5.41) is 0.776. The fourth-order valence-corrected chi connectivity index (χ4v) is 4.47. The van der Waals surface area contributed by atoms with Gasteiger partial charge in [-0.15, -0.1) is 0 Å². The van der Waals surface area contributed by atoms with E-state index in [1.54, 1.807) is 0 Å². The Bertz CT molecular complexity index is 643. The van der Waals surface area contributed by atoms with E-state index in [1.165, 1.54) is 5.56 Å². The Hall–Kier alpha value is -1.26. The Morgan fingerprint density at radius 3 is 2.27 bits per heavy atom. The molecule has 0 aromatic heterocycles. The predicted octanol–water partition coefficient (Wildman–Crippen LogP) is 5.12. The van der Waals surface area contributed by atoms with Gasteiger partial charge in [-0.25, -0.2) is 4.79 Å². The average Bonchev–Trinajstić information content (AvgIpc) is 2.53. The summed E-state index contributed by atoms with van der Waals surface area (Å²) in [6, 6.07) is 9.19. The molecule has 0 saturated carbocycles. The van der Waals surface area contributed by atoms with Crippen LogP contribution in [0.3, 0.4) is 0 Å². The first-order valence-corrected chi connectivity index (χ1v) is 9.98. The van der Waals surface area contributed by atoms with E-state index in [-0.39, 0.29) is 11.5 Å². The highest BCUT2D eigenvalue weighted by molar-refractivity contribution is 6.30. The SMILES string of the molecule is CC(C)N1CC2(CCN(C(=O)OC(C)(C)C)CC2)C1c1ccc(Cl)cc1. The van der Waals surface area contributed by atoms with Gasteiger partial charge in [-0.1, -0.05) is 23.7 Å². The van der Waals surface area contributed by atoms with Crippen molar-refractivity contribution in [1.82, 2.24) is 9.80 Å². The zero-order valence-electron chi connectivity index (χ0n) is 16.6. The quantitative estimate of drug-likeness (QED) is 0.715. The third kappa shape index (κ3) is 3.86. The summed E-state index contributed by atoms with van der Waals surface area (Å²) in [4.78, 5) is 16.8. The van der Waals surface area contributed by atoms with Gasteiger partial charge < -0.3 is 9.64 Å². The summed E-state index contributed by atoms with van der Waals surface area (Å²) in [6.45, 7) is 12.9. The van der Waals surface area contributed by atoms with Crippen molar-refractivity contribution in [2.24, 2.45) is 5.41 Å². The predicted molar refractivity (Wildman–Crippen MR) is 106 cm³/mol. The fourth-order valence-electron chi connectivity index (χ4n) is 4.34. The van der Waals surface area contributed by atoms with Crippen LogP contribution in [0.1, 0.15) is 59.1 Å². The highest BCUT2D eigenvalue weighted by Crippen LogP contribution is 2.55. The maximum absolute atomic E-state index is 12.4. The topological polar surface area (TPSA) is 32.8 Å². The highest BCUT2D eigenvalue weighted by Gasteiger charge is 2.55. The number of hydrogen-bond donors (Lipinski definition) is 0.